The van der Waals surface area contributed by atoms with E-state index in [0.29, 0.717) is 6.04 Å². The third-order valence-corrected chi connectivity index (χ3v) is 4.45. The second-order valence-corrected chi connectivity index (χ2v) is 5.37. The number of nitrogens with one attached hydrogen (secondary N) is 1. The number of hydrogen-bond acceptors (Lipinski definition) is 3. The fraction of sp³-hybridized carbons (Fsp3) is 0.867. The van der Waals surface area contributed by atoms with Crippen molar-refractivity contribution in [2.45, 2.75) is 51.1 Å². The lowest BCUT2D eigenvalue weighted by molar-refractivity contribution is -0.0326. The highest BCUT2D eigenvalue weighted by Gasteiger charge is 2.37. The van der Waals surface area contributed by atoms with Crippen LogP contribution in [-0.4, -0.2) is 49.8 Å². The van der Waals surface area contributed by atoms with Crippen LogP contribution in [0.4, 0.5) is 0 Å². The van der Waals surface area contributed by atoms with Gasteiger partial charge in [-0.3, -0.25) is 4.90 Å². The van der Waals surface area contributed by atoms with E-state index in [1.165, 1.54) is 19.3 Å². The summed E-state index contributed by atoms with van der Waals surface area (Å²) in [6.45, 7) is 12.4. The van der Waals surface area contributed by atoms with E-state index in [0.717, 1.165) is 32.7 Å². The van der Waals surface area contributed by atoms with Gasteiger partial charge in [0.05, 0.1) is 13.2 Å². The van der Waals surface area contributed by atoms with Crippen molar-refractivity contribution in [3.63, 3.8) is 0 Å². The fourth-order valence-electron chi connectivity index (χ4n) is 3.00. The van der Waals surface area contributed by atoms with Crippen LogP contribution in [-0.2, 0) is 4.74 Å². The molecule has 106 valence electrons. The van der Waals surface area contributed by atoms with Gasteiger partial charge in [-0.05, 0) is 39.7 Å². The summed E-state index contributed by atoms with van der Waals surface area (Å²) in [6, 6.07) is 0.542. The maximum absolute atomic E-state index is 5.48. The molecule has 0 aliphatic carbocycles. The van der Waals surface area contributed by atoms with Gasteiger partial charge in [0.2, 0.25) is 0 Å². The SMILES string of the molecule is C=CCCCC(NC)C(C)(CC)N1CCOCC1. The Bertz CT molecular complexity index is 239. The van der Waals surface area contributed by atoms with E-state index in [1.54, 1.807) is 0 Å². The van der Waals surface area contributed by atoms with Crippen LogP contribution in [0.3, 0.4) is 0 Å². The van der Waals surface area contributed by atoms with Crippen molar-refractivity contribution in [2.75, 3.05) is 33.4 Å². The highest BCUT2D eigenvalue weighted by atomic mass is 16.5. The minimum Gasteiger partial charge on any atom is -0.379 e. The number of ether oxygens (including phenoxy) is 1. The molecule has 18 heavy (non-hydrogen) atoms. The molecular formula is C15H30N2O. The Hall–Kier alpha value is -0.380. The average molecular weight is 254 g/mol. The summed E-state index contributed by atoms with van der Waals surface area (Å²) in [5.41, 5.74) is 0.236. The van der Waals surface area contributed by atoms with E-state index < -0.39 is 0 Å². The molecule has 0 spiro atoms. The summed E-state index contributed by atoms with van der Waals surface area (Å²) >= 11 is 0. The number of allylic oxidation sites excluding steroid dienone is 1. The molecule has 1 N–H and O–H groups in total. The van der Waals surface area contributed by atoms with Crippen molar-refractivity contribution in [1.29, 1.82) is 0 Å². The third-order valence-electron chi connectivity index (χ3n) is 4.45. The first-order valence-corrected chi connectivity index (χ1v) is 7.30. The van der Waals surface area contributed by atoms with E-state index in [1.807, 2.05) is 6.08 Å². The molecule has 0 bridgehead atoms. The molecule has 3 nitrogen and oxygen atoms in total. The maximum atomic E-state index is 5.48. The lowest BCUT2D eigenvalue weighted by atomic mass is 9.84. The van der Waals surface area contributed by atoms with Crippen molar-refractivity contribution in [3.05, 3.63) is 12.7 Å². The molecule has 3 heteroatoms. The summed E-state index contributed by atoms with van der Waals surface area (Å²) in [5.74, 6) is 0. The van der Waals surface area contributed by atoms with Crippen molar-refractivity contribution in [3.8, 4) is 0 Å². The molecule has 0 aromatic rings. The maximum Gasteiger partial charge on any atom is 0.0594 e. The van der Waals surface area contributed by atoms with Crippen LogP contribution in [0, 0.1) is 0 Å². The zero-order valence-corrected chi connectivity index (χ0v) is 12.4. The fourth-order valence-corrected chi connectivity index (χ4v) is 3.00. The van der Waals surface area contributed by atoms with Gasteiger partial charge in [0.25, 0.3) is 0 Å². The zero-order valence-electron chi connectivity index (χ0n) is 12.4. The van der Waals surface area contributed by atoms with Gasteiger partial charge in [0.1, 0.15) is 0 Å². The minimum absolute atomic E-state index is 0.236. The standard InChI is InChI=1S/C15H30N2O/c1-5-7-8-9-14(16-4)15(3,6-2)17-10-12-18-13-11-17/h5,14,16H,1,6-13H2,2-4H3. The molecule has 0 aromatic carbocycles. The number of unbranched alkanes of at least 4 members (excludes halogenated alkanes) is 1. The van der Waals surface area contributed by atoms with E-state index in [9.17, 15) is 0 Å². The Balaban J connectivity index is 2.65. The zero-order chi connectivity index (χ0) is 13.4. The van der Waals surface area contributed by atoms with E-state index in [2.05, 4.69) is 37.7 Å². The number of likely N-dealkylation sites (N-methyl/N-ethyl adjacent to an activating group) is 1. The highest BCUT2D eigenvalue weighted by molar-refractivity contribution is 4.96. The normalized spacial score (nSPS) is 22.4. The molecule has 1 fully saturated rings. The van der Waals surface area contributed by atoms with Gasteiger partial charge in [-0.25, -0.2) is 0 Å². The Morgan fingerprint density at radius 2 is 2.11 bits per heavy atom. The van der Waals surface area contributed by atoms with E-state index in [-0.39, 0.29) is 5.54 Å². The Morgan fingerprint density at radius 1 is 1.44 bits per heavy atom. The molecule has 2 atom stereocenters. The van der Waals surface area contributed by atoms with E-state index in [4.69, 9.17) is 4.74 Å². The van der Waals surface area contributed by atoms with Crippen LogP contribution < -0.4 is 5.32 Å². The molecule has 1 aliphatic rings. The highest BCUT2D eigenvalue weighted by Crippen LogP contribution is 2.27. The molecule has 1 rings (SSSR count). The van der Waals surface area contributed by atoms with Gasteiger partial charge in [-0.2, -0.15) is 0 Å². The molecule has 1 heterocycles. The van der Waals surface area contributed by atoms with Crippen molar-refractivity contribution < 1.29 is 4.74 Å². The number of morpholine rings is 1. The molecule has 0 aromatic heterocycles. The largest absolute Gasteiger partial charge is 0.379 e. The van der Waals surface area contributed by atoms with Crippen LogP contribution in [0.1, 0.15) is 39.5 Å². The van der Waals surface area contributed by atoms with E-state index >= 15 is 0 Å². The quantitative estimate of drug-likeness (QED) is 0.532. The lowest BCUT2D eigenvalue weighted by Gasteiger charge is -2.48. The first-order chi connectivity index (χ1) is 8.69. The van der Waals surface area contributed by atoms with Gasteiger partial charge in [0.15, 0.2) is 0 Å². The van der Waals surface area contributed by atoms with Crippen LogP contribution in [0.25, 0.3) is 0 Å². The minimum atomic E-state index is 0.236. The molecule has 0 amide bonds. The van der Waals surface area contributed by atoms with Crippen LogP contribution in [0.5, 0.6) is 0 Å². The van der Waals surface area contributed by atoms with Crippen LogP contribution in [0.2, 0.25) is 0 Å². The predicted octanol–water partition coefficient (Wildman–Crippen LogP) is 2.43. The van der Waals surface area contributed by atoms with Gasteiger partial charge in [-0.15, -0.1) is 6.58 Å². The number of rotatable bonds is 8. The average Bonchev–Trinajstić information content (AvgIpc) is 2.44. The summed E-state index contributed by atoms with van der Waals surface area (Å²) in [7, 11) is 2.09. The summed E-state index contributed by atoms with van der Waals surface area (Å²) in [5, 5.41) is 3.53. The molecule has 1 aliphatic heterocycles. The summed E-state index contributed by atoms with van der Waals surface area (Å²) in [4.78, 5) is 2.60. The summed E-state index contributed by atoms with van der Waals surface area (Å²) < 4.78 is 5.48. The molecule has 0 radical (unpaired) electrons. The Kier molecular flexibility index (Phi) is 6.90. The number of nitrogens with zero attached hydrogens (tertiary/aromatic N) is 1. The van der Waals surface area contributed by atoms with Crippen molar-refractivity contribution in [2.24, 2.45) is 0 Å². The van der Waals surface area contributed by atoms with Crippen molar-refractivity contribution in [1.82, 2.24) is 10.2 Å². The van der Waals surface area contributed by atoms with Gasteiger partial charge >= 0.3 is 0 Å². The second kappa shape index (κ2) is 7.93. The third kappa shape index (κ3) is 3.81. The summed E-state index contributed by atoms with van der Waals surface area (Å²) in [6.07, 6.45) is 6.73. The molecule has 0 saturated carbocycles. The van der Waals surface area contributed by atoms with Crippen LogP contribution >= 0.6 is 0 Å². The second-order valence-electron chi connectivity index (χ2n) is 5.37. The molecular weight excluding hydrogens is 224 g/mol. The topological polar surface area (TPSA) is 24.5 Å². The lowest BCUT2D eigenvalue weighted by Crippen LogP contribution is -2.61. The Labute approximate surface area is 113 Å². The number of hydrogen-bond donors (Lipinski definition) is 1. The van der Waals surface area contributed by atoms with Crippen molar-refractivity contribution >= 4 is 0 Å². The monoisotopic (exact) mass is 254 g/mol. The smallest absolute Gasteiger partial charge is 0.0594 e. The first kappa shape index (κ1) is 15.7. The van der Waals surface area contributed by atoms with Gasteiger partial charge in [-0.1, -0.05) is 13.0 Å². The Morgan fingerprint density at radius 3 is 2.61 bits per heavy atom. The van der Waals surface area contributed by atoms with Gasteiger partial charge in [0, 0.05) is 24.7 Å². The van der Waals surface area contributed by atoms with Crippen LogP contribution in [0.15, 0.2) is 12.7 Å². The molecule has 1 saturated heterocycles. The first-order valence-electron chi connectivity index (χ1n) is 7.30. The van der Waals surface area contributed by atoms with Gasteiger partial charge < -0.3 is 10.1 Å². The predicted molar refractivity (Wildman–Crippen MR) is 78.0 cm³/mol. The molecule has 2 unspecified atom stereocenters.